The molecule has 1 N–H and O–H groups in total. The second-order valence-corrected chi connectivity index (χ2v) is 3.68. The lowest BCUT2D eigenvalue weighted by molar-refractivity contribution is -0.385. The number of aryl methyl sites for hydroxylation is 1. The van der Waals surface area contributed by atoms with E-state index in [0.29, 0.717) is 24.5 Å². The van der Waals surface area contributed by atoms with Gasteiger partial charge in [-0.1, -0.05) is 18.2 Å². The number of nitro groups is 1. The van der Waals surface area contributed by atoms with Gasteiger partial charge in [0.2, 0.25) is 0 Å². The molecule has 94 valence electrons. The van der Waals surface area contributed by atoms with Gasteiger partial charge in [0, 0.05) is 18.2 Å². The van der Waals surface area contributed by atoms with E-state index < -0.39 is 4.92 Å². The van der Waals surface area contributed by atoms with Gasteiger partial charge in [-0.3, -0.25) is 10.1 Å². The van der Waals surface area contributed by atoms with Crippen LogP contribution in [0.15, 0.2) is 24.3 Å². The van der Waals surface area contributed by atoms with E-state index in [1.54, 1.807) is 25.2 Å². The van der Waals surface area contributed by atoms with Crippen molar-refractivity contribution in [3.05, 3.63) is 45.8 Å². The molecule has 18 heavy (non-hydrogen) atoms. The molecule has 8 nitrogen and oxygen atoms in total. The minimum absolute atomic E-state index is 0.108. The number of benzene rings is 1. The van der Waals surface area contributed by atoms with Crippen LogP contribution in [0, 0.1) is 10.1 Å². The van der Waals surface area contributed by atoms with Crippen LogP contribution < -0.4 is 5.32 Å². The molecule has 0 aliphatic rings. The molecule has 2 rings (SSSR count). The molecule has 0 saturated carbocycles. The Morgan fingerprint density at radius 2 is 2.17 bits per heavy atom. The van der Waals surface area contributed by atoms with Crippen molar-refractivity contribution in [2.75, 3.05) is 0 Å². The quantitative estimate of drug-likeness (QED) is 0.607. The Morgan fingerprint density at radius 1 is 1.39 bits per heavy atom. The van der Waals surface area contributed by atoms with Crippen LogP contribution in [0.4, 0.5) is 5.69 Å². The largest absolute Gasteiger partial charge is 0.305 e. The van der Waals surface area contributed by atoms with E-state index in [0.717, 1.165) is 0 Å². The van der Waals surface area contributed by atoms with E-state index in [4.69, 9.17) is 0 Å². The maximum absolute atomic E-state index is 10.8. The van der Waals surface area contributed by atoms with Gasteiger partial charge in [0.1, 0.15) is 0 Å². The van der Waals surface area contributed by atoms with Crippen LogP contribution in [0.2, 0.25) is 0 Å². The second kappa shape index (κ2) is 5.32. The van der Waals surface area contributed by atoms with Crippen LogP contribution in [0.25, 0.3) is 0 Å². The van der Waals surface area contributed by atoms with Crippen LogP contribution in [-0.4, -0.2) is 25.1 Å². The summed E-state index contributed by atoms with van der Waals surface area (Å²) < 4.78 is 0. The molecule has 1 aromatic heterocycles. The molecule has 0 radical (unpaired) electrons. The molecular weight excluding hydrogens is 236 g/mol. The van der Waals surface area contributed by atoms with Gasteiger partial charge in [-0.25, -0.2) is 0 Å². The summed E-state index contributed by atoms with van der Waals surface area (Å²) >= 11 is 0. The van der Waals surface area contributed by atoms with Crippen LogP contribution in [-0.2, 0) is 20.1 Å². The first-order valence-electron chi connectivity index (χ1n) is 5.32. The van der Waals surface area contributed by atoms with Gasteiger partial charge in [-0.15, -0.1) is 10.2 Å². The van der Waals surface area contributed by atoms with Gasteiger partial charge in [0.25, 0.3) is 5.69 Å². The molecule has 2 aromatic rings. The van der Waals surface area contributed by atoms with E-state index in [1.807, 2.05) is 0 Å². The number of nitrogens with one attached hydrogen (secondary N) is 1. The third-order valence-corrected chi connectivity index (χ3v) is 2.34. The summed E-state index contributed by atoms with van der Waals surface area (Å²) in [4.78, 5) is 11.8. The molecule has 1 heterocycles. The summed E-state index contributed by atoms with van der Waals surface area (Å²) in [6.07, 6.45) is 0. The Bertz CT molecular complexity index is 553. The first-order chi connectivity index (χ1) is 8.66. The molecule has 0 fully saturated rings. The highest BCUT2D eigenvalue weighted by molar-refractivity contribution is 5.39. The van der Waals surface area contributed by atoms with Gasteiger partial charge in [-0.2, -0.15) is 4.80 Å². The van der Waals surface area contributed by atoms with E-state index in [2.05, 4.69) is 20.7 Å². The summed E-state index contributed by atoms with van der Waals surface area (Å²) in [6, 6.07) is 6.61. The van der Waals surface area contributed by atoms with Gasteiger partial charge in [0.05, 0.1) is 18.5 Å². The fraction of sp³-hybridized carbons (Fsp3) is 0.300. The molecule has 0 amide bonds. The molecule has 8 heteroatoms. The second-order valence-electron chi connectivity index (χ2n) is 3.68. The highest BCUT2D eigenvalue weighted by atomic mass is 16.6. The number of nitrogens with zero attached hydrogens (tertiary/aromatic N) is 5. The van der Waals surface area contributed by atoms with Crippen LogP contribution in [0.1, 0.15) is 11.4 Å². The van der Waals surface area contributed by atoms with Crippen molar-refractivity contribution >= 4 is 5.69 Å². The molecule has 0 spiro atoms. The predicted molar refractivity (Wildman–Crippen MR) is 62.4 cm³/mol. The topological polar surface area (TPSA) is 98.8 Å². The van der Waals surface area contributed by atoms with Gasteiger partial charge in [0.15, 0.2) is 5.82 Å². The van der Waals surface area contributed by atoms with Gasteiger partial charge >= 0.3 is 0 Å². The molecule has 0 unspecified atom stereocenters. The Morgan fingerprint density at radius 3 is 2.83 bits per heavy atom. The summed E-state index contributed by atoms with van der Waals surface area (Å²) in [5, 5.41) is 25.3. The smallest absolute Gasteiger partial charge is 0.273 e. The van der Waals surface area contributed by atoms with Crippen LogP contribution >= 0.6 is 0 Å². The highest BCUT2D eigenvalue weighted by Gasteiger charge is 2.11. The number of para-hydroxylation sites is 1. The zero-order valence-electron chi connectivity index (χ0n) is 9.78. The van der Waals surface area contributed by atoms with Crippen LogP contribution in [0.5, 0.6) is 0 Å². The van der Waals surface area contributed by atoms with E-state index in [9.17, 15) is 10.1 Å². The molecule has 0 atom stereocenters. The van der Waals surface area contributed by atoms with E-state index >= 15 is 0 Å². The van der Waals surface area contributed by atoms with Crippen molar-refractivity contribution < 1.29 is 4.92 Å². The van der Waals surface area contributed by atoms with Crippen molar-refractivity contribution in [2.24, 2.45) is 7.05 Å². The lowest BCUT2D eigenvalue weighted by Gasteiger charge is -2.03. The van der Waals surface area contributed by atoms with Crippen molar-refractivity contribution in [2.45, 2.75) is 13.1 Å². The number of hydrogen-bond acceptors (Lipinski definition) is 6. The monoisotopic (exact) mass is 248 g/mol. The lowest BCUT2D eigenvalue weighted by Crippen LogP contribution is -2.15. The summed E-state index contributed by atoms with van der Waals surface area (Å²) in [7, 11) is 1.68. The van der Waals surface area contributed by atoms with E-state index in [-0.39, 0.29) is 5.69 Å². The zero-order chi connectivity index (χ0) is 13.0. The molecule has 0 aliphatic carbocycles. The standard InChI is InChI=1S/C10H12N6O2/c1-15-13-10(12-14-15)7-11-6-8-4-2-3-5-9(8)16(17)18/h2-5,11H,6-7H2,1H3. The highest BCUT2D eigenvalue weighted by Crippen LogP contribution is 2.16. The average molecular weight is 248 g/mol. The van der Waals surface area contributed by atoms with Crippen molar-refractivity contribution in [1.29, 1.82) is 0 Å². The van der Waals surface area contributed by atoms with Crippen molar-refractivity contribution in [3.63, 3.8) is 0 Å². The van der Waals surface area contributed by atoms with Gasteiger partial charge < -0.3 is 5.32 Å². The maximum Gasteiger partial charge on any atom is 0.273 e. The molecule has 1 aromatic carbocycles. The fourth-order valence-corrected chi connectivity index (χ4v) is 1.54. The number of nitro benzene ring substituents is 1. The Kier molecular flexibility index (Phi) is 3.58. The first-order valence-corrected chi connectivity index (χ1v) is 5.32. The predicted octanol–water partition coefficient (Wildman–Crippen LogP) is 0.408. The van der Waals surface area contributed by atoms with E-state index in [1.165, 1.54) is 10.9 Å². The average Bonchev–Trinajstić information content (AvgIpc) is 2.75. The van der Waals surface area contributed by atoms with Gasteiger partial charge in [-0.05, 0) is 5.21 Å². The minimum Gasteiger partial charge on any atom is -0.305 e. The summed E-state index contributed by atoms with van der Waals surface area (Å²) in [5.41, 5.74) is 0.739. The Hall–Kier alpha value is -2.35. The minimum atomic E-state index is -0.391. The number of aromatic nitrogens is 4. The Labute approximate surface area is 103 Å². The number of hydrogen-bond donors (Lipinski definition) is 1. The fourth-order valence-electron chi connectivity index (χ4n) is 1.54. The normalized spacial score (nSPS) is 10.5. The first kappa shape index (κ1) is 12.1. The molecular formula is C10H12N6O2. The molecule has 0 aliphatic heterocycles. The lowest BCUT2D eigenvalue weighted by atomic mass is 10.2. The van der Waals surface area contributed by atoms with Crippen molar-refractivity contribution in [1.82, 2.24) is 25.5 Å². The zero-order valence-corrected chi connectivity index (χ0v) is 9.78. The Balaban J connectivity index is 1.96. The maximum atomic E-state index is 10.8. The SMILES string of the molecule is Cn1nnc(CNCc2ccccc2[N+](=O)[O-])n1. The number of rotatable bonds is 5. The summed E-state index contributed by atoms with van der Waals surface area (Å²) in [5.74, 6) is 0.552. The van der Waals surface area contributed by atoms with Crippen LogP contribution in [0.3, 0.4) is 0 Å². The number of tetrazole rings is 1. The molecule has 0 bridgehead atoms. The third kappa shape index (κ3) is 2.86. The summed E-state index contributed by atoms with van der Waals surface area (Å²) in [6.45, 7) is 0.801. The molecule has 0 saturated heterocycles. The van der Waals surface area contributed by atoms with Crippen molar-refractivity contribution in [3.8, 4) is 0 Å². The third-order valence-electron chi connectivity index (χ3n) is 2.34.